The third-order valence-electron chi connectivity index (χ3n) is 6.73. The second kappa shape index (κ2) is 10.3. The topological polar surface area (TPSA) is 87.4 Å². The summed E-state index contributed by atoms with van der Waals surface area (Å²) in [6, 6.07) is 15.2. The maximum Gasteiger partial charge on any atom is 0.290 e. The van der Waals surface area contributed by atoms with E-state index in [4.69, 9.17) is 35.0 Å². The van der Waals surface area contributed by atoms with Crippen molar-refractivity contribution in [2.24, 2.45) is 0 Å². The highest BCUT2D eigenvalue weighted by atomic mass is 35.5. The Morgan fingerprint density at radius 1 is 0.868 bits per heavy atom. The lowest BCUT2D eigenvalue weighted by Crippen LogP contribution is -2.31. The lowest BCUT2D eigenvalue weighted by Gasteiger charge is -2.26. The number of benzene rings is 3. The Balaban J connectivity index is 1.67. The minimum Gasteiger partial charge on any atom is -0.497 e. The molecule has 196 valence electrons. The molecule has 0 bridgehead atoms. The molecule has 1 atom stereocenters. The van der Waals surface area contributed by atoms with Crippen molar-refractivity contribution in [3.8, 4) is 23.0 Å². The molecule has 0 fully saturated rings. The summed E-state index contributed by atoms with van der Waals surface area (Å²) in [5.41, 5.74) is 1.85. The minimum atomic E-state index is -0.746. The van der Waals surface area contributed by atoms with Gasteiger partial charge in [-0.05, 0) is 60.0 Å². The number of methoxy groups -OCH3 is 4. The molecule has 0 spiro atoms. The van der Waals surface area contributed by atoms with Gasteiger partial charge in [0.05, 0.1) is 45.4 Å². The summed E-state index contributed by atoms with van der Waals surface area (Å²) < 4.78 is 27.9. The second-order valence-electron chi connectivity index (χ2n) is 8.77. The van der Waals surface area contributed by atoms with Crippen LogP contribution in [0.25, 0.3) is 11.0 Å². The summed E-state index contributed by atoms with van der Waals surface area (Å²) in [5, 5.41) is 0.702. The number of ether oxygens (including phenoxy) is 4. The third kappa shape index (κ3) is 4.31. The Morgan fingerprint density at radius 3 is 2.16 bits per heavy atom. The van der Waals surface area contributed by atoms with Gasteiger partial charge in [0.1, 0.15) is 11.3 Å². The fourth-order valence-electron chi connectivity index (χ4n) is 4.87. The van der Waals surface area contributed by atoms with Gasteiger partial charge in [-0.15, -0.1) is 0 Å². The van der Waals surface area contributed by atoms with Crippen LogP contribution in [0.5, 0.6) is 23.0 Å². The van der Waals surface area contributed by atoms with Crippen molar-refractivity contribution in [3.63, 3.8) is 0 Å². The summed E-state index contributed by atoms with van der Waals surface area (Å²) >= 11 is 6.19. The molecular formula is C29H26ClNO7. The number of nitrogens with zero attached hydrogens (tertiary/aromatic N) is 1. The SMILES string of the molecule is COc1ccc(CCN2C(=O)c3oc4ccc(Cl)cc4c(=O)c3C2c2cc(OC)c(OC)c(OC)c2)cc1. The van der Waals surface area contributed by atoms with E-state index in [2.05, 4.69) is 0 Å². The number of carbonyl (C=O) groups excluding carboxylic acids is 1. The van der Waals surface area contributed by atoms with Crippen LogP contribution >= 0.6 is 11.6 Å². The lowest BCUT2D eigenvalue weighted by atomic mass is 9.97. The van der Waals surface area contributed by atoms with E-state index in [1.54, 1.807) is 42.3 Å². The molecule has 0 saturated heterocycles. The van der Waals surface area contributed by atoms with E-state index in [-0.39, 0.29) is 22.7 Å². The Bertz CT molecular complexity index is 1550. The summed E-state index contributed by atoms with van der Waals surface area (Å²) in [4.78, 5) is 29.2. The van der Waals surface area contributed by atoms with E-state index < -0.39 is 6.04 Å². The van der Waals surface area contributed by atoms with Crippen LogP contribution < -0.4 is 24.4 Å². The zero-order chi connectivity index (χ0) is 27.0. The summed E-state index contributed by atoms with van der Waals surface area (Å²) in [6.07, 6.45) is 0.546. The van der Waals surface area contributed by atoms with Crippen LogP contribution in [0.1, 0.15) is 33.3 Å². The monoisotopic (exact) mass is 535 g/mol. The van der Waals surface area contributed by atoms with Crippen LogP contribution in [-0.4, -0.2) is 45.8 Å². The molecule has 0 radical (unpaired) electrons. The number of rotatable bonds is 8. The van der Waals surface area contributed by atoms with Crippen molar-refractivity contribution in [1.82, 2.24) is 4.90 Å². The Hall–Kier alpha value is -4.17. The van der Waals surface area contributed by atoms with Crippen LogP contribution in [-0.2, 0) is 6.42 Å². The van der Waals surface area contributed by atoms with Gasteiger partial charge in [0, 0.05) is 11.6 Å². The molecule has 2 heterocycles. The largest absolute Gasteiger partial charge is 0.497 e. The number of hydrogen-bond acceptors (Lipinski definition) is 7. The number of hydrogen-bond donors (Lipinski definition) is 0. The van der Waals surface area contributed by atoms with Crippen LogP contribution in [0.2, 0.25) is 5.02 Å². The maximum absolute atomic E-state index is 13.8. The van der Waals surface area contributed by atoms with E-state index in [0.29, 0.717) is 51.8 Å². The molecule has 1 amide bonds. The van der Waals surface area contributed by atoms with Crippen molar-refractivity contribution in [3.05, 3.63) is 92.3 Å². The molecule has 8 nitrogen and oxygen atoms in total. The highest BCUT2D eigenvalue weighted by Crippen LogP contribution is 2.45. The standard InChI is InChI=1S/C29H26ClNO7/c1-34-19-8-5-16(6-9-19)11-12-31-25(17-13-22(35-2)27(37-4)23(14-17)36-3)24-26(32)20-15-18(30)7-10-21(20)38-28(24)29(31)33/h5-10,13-15,25H,11-12H2,1-4H3. The Labute approximate surface area is 224 Å². The molecular weight excluding hydrogens is 510 g/mol. The van der Waals surface area contributed by atoms with Crippen molar-refractivity contribution < 1.29 is 28.2 Å². The van der Waals surface area contributed by atoms with Crippen molar-refractivity contribution in [2.45, 2.75) is 12.5 Å². The molecule has 3 aromatic carbocycles. The number of amides is 1. The van der Waals surface area contributed by atoms with Crippen LogP contribution in [0, 0.1) is 0 Å². The highest BCUT2D eigenvalue weighted by Gasteiger charge is 2.43. The molecule has 0 saturated carbocycles. The van der Waals surface area contributed by atoms with Gasteiger partial charge in [0.25, 0.3) is 5.91 Å². The smallest absolute Gasteiger partial charge is 0.290 e. The van der Waals surface area contributed by atoms with Gasteiger partial charge in [0.15, 0.2) is 16.9 Å². The van der Waals surface area contributed by atoms with E-state index >= 15 is 0 Å². The molecule has 1 unspecified atom stereocenters. The fraction of sp³-hybridized carbons (Fsp3) is 0.241. The predicted octanol–water partition coefficient (Wildman–Crippen LogP) is 5.27. The number of carbonyl (C=O) groups is 1. The molecule has 0 aliphatic carbocycles. The first-order chi connectivity index (χ1) is 18.4. The summed E-state index contributed by atoms with van der Waals surface area (Å²) in [6.45, 7) is 0.327. The van der Waals surface area contributed by atoms with Crippen LogP contribution in [0.4, 0.5) is 0 Å². The van der Waals surface area contributed by atoms with Gasteiger partial charge in [0.2, 0.25) is 11.5 Å². The van der Waals surface area contributed by atoms with Gasteiger partial charge < -0.3 is 28.3 Å². The van der Waals surface area contributed by atoms with E-state index in [1.165, 1.54) is 21.3 Å². The van der Waals surface area contributed by atoms with Gasteiger partial charge in [-0.25, -0.2) is 0 Å². The average Bonchev–Trinajstić information content (AvgIpc) is 3.23. The van der Waals surface area contributed by atoms with Crippen LogP contribution in [0.3, 0.4) is 0 Å². The van der Waals surface area contributed by atoms with Crippen molar-refractivity contribution in [1.29, 1.82) is 0 Å². The van der Waals surface area contributed by atoms with E-state index in [1.807, 2.05) is 24.3 Å². The Kier molecular flexibility index (Phi) is 6.91. The first-order valence-corrected chi connectivity index (χ1v) is 12.3. The van der Waals surface area contributed by atoms with Crippen LogP contribution in [0.15, 0.2) is 63.8 Å². The van der Waals surface area contributed by atoms with E-state index in [0.717, 1.165) is 11.3 Å². The fourth-order valence-corrected chi connectivity index (χ4v) is 5.04. The van der Waals surface area contributed by atoms with Gasteiger partial charge in [-0.1, -0.05) is 23.7 Å². The number of halogens is 1. The quantitative estimate of drug-likeness (QED) is 0.304. The normalized spacial score (nSPS) is 14.5. The number of fused-ring (bicyclic) bond motifs is 2. The summed E-state index contributed by atoms with van der Waals surface area (Å²) in [7, 11) is 6.15. The highest BCUT2D eigenvalue weighted by molar-refractivity contribution is 6.31. The third-order valence-corrected chi connectivity index (χ3v) is 6.97. The molecule has 4 aromatic rings. The molecule has 38 heavy (non-hydrogen) atoms. The second-order valence-corrected chi connectivity index (χ2v) is 9.21. The molecule has 1 aliphatic heterocycles. The average molecular weight is 536 g/mol. The lowest BCUT2D eigenvalue weighted by molar-refractivity contribution is 0.0729. The molecule has 5 rings (SSSR count). The summed E-state index contributed by atoms with van der Waals surface area (Å²) in [5.74, 6) is 1.61. The predicted molar refractivity (Wildman–Crippen MR) is 143 cm³/mol. The molecule has 9 heteroatoms. The molecule has 0 N–H and O–H groups in total. The molecule has 1 aromatic heterocycles. The van der Waals surface area contributed by atoms with Gasteiger partial charge in [-0.3, -0.25) is 9.59 Å². The molecule has 1 aliphatic rings. The van der Waals surface area contributed by atoms with E-state index in [9.17, 15) is 9.59 Å². The zero-order valence-electron chi connectivity index (χ0n) is 21.4. The first kappa shape index (κ1) is 25.5. The van der Waals surface area contributed by atoms with Gasteiger partial charge in [-0.2, -0.15) is 0 Å². The van der Waals surface area contributed by atoms with Crippen molar-refractivity contribution in [2.75, 3.05) is 35.0 Å². The maximum atomic E-state index is 13.8. The van der Waals surface area contributed by atoms with Crippen molar-refractivity contribution >= 4 is 28.5 Å². The first-order valence-electron chi connectivity index (χ1n) is 11.9. The minimum absolute atomic E-state index is 0.0123. The zero-order valence-corrected chi connectivity index (χ0v) is 22.1. The van der Waals surface area contributed by atoms with Gasteiger partial charge >= 0.3 is 0 Å². The Morgan fingerprint density at radius 2 is 1.55 bits per heavy atom.